The summed E-state index contributed by atoms with van der Waals surface area (Å²) in [6.07, 6.45) is 0.192. The summed E-state index contributed by atoms with van der Waals surface area (Å²) in [7, 11) is 0. The first-order valence-electron chi connectivity index (χ1n) is 6.06. The summed E-state index contributed by atoms with van der Waals surface area (Å²) in [5.74, 6) is 0.188. The van der Waals surface area contributed by atoms with Crippen molar-refractivity contribution in [3.8, 4) is 6.07 Å². The summed E-state index contributed by atoms with van der Waals surface area (Å²) in [4.78, 5) is 10.1. The minimum atomic E-state index is -0.579. The molecule has 2 N–H and O–H groups in total. The molecule has 6 heteroatoms. The van der Waals surface area contributed by atoms with Crippen LogP contribution < -0.4 is 5.32 Å². The van der Waals surface area contributed by atoms with Crippen LogP contribution in [0.4, 0.5) is 11.4 Å². The highest BCUT2D eigenvalue weighted by molar-refractivity contribution is 5.58. The third-order valence-corrected chi connectivity index (χ3v) is 2.85. The third-order valence-electron chi connectivity index (χ3n) is 2.85. The second-order valence-electron chi connectivity index (χ2n) is 4.63. The molecule has 0 heterocycles. The molecule has 0 bridgehead atoms. The van der Waals surface area contributed by atoms with Crippen LogP contribution in [0.2, 0.25) is 0 Å². The fourth-order valence-electron chi connectivity index (χ4n) is 1.59. The van der Waals surface area contributed by atoms with E-state index in [1.54, 1.807) is 12.1 Å². The summed E-state index contributed by atoms with van der Waals surface area (Å²) >= 11 is 0. The average molecular weight is 263 g/mol. The molecule has 0 fully saturated rings. The number of nitrogens with one attached hydrogen (secondary N) is 1. The first kappa shape index (κ1) is 14.9. The smallest absolute Gasteiger partial charge is 0.287 e. The van der Waals surface area contributed by atoms with Crippen LogP contribution in [0.25, 0.3) is 0 Å². The molecule has 1 unspecified atom stereocenters. The minimum absolute atomic E-state index is 0.0272. The van der Waals surface area contributed by atoms with Gasteiger partial charge < -0.3 is 10.4 Å². The number of benzene rings is 1. The number of hydrogen-bond acceptors (Lipinski definition) is 5. The van der Waals surface area contributed by atoms with E-state index in [2.05, 4.69) is 5.32 Å². The lowest BCUT2D eigenvalue weighted by Gasteiger charge is -2.15. The second-order valence-corrected chi connectivity index (χ2v) is 4.63. The van der Waals surface area contributed by atoms with Gasteiger partial charge in [-0.05, 0) is 24.5 Å². The Morgan fingerprint density at radius 1 is 1.53 bits per heavy atom. The predicted molar refractivity (Wildman–Crippen MR) is 71.8 cm³/mol. The van der Waals surface area contributed by atoms with Gasteiger partial charge in [-0.3, -0.25) is 10.1 Å². The van der Waals surface area contributed by atoms with E-state index in [4.69, 9.17) is 5.26 Å². The number of rotatable bonds is 6. The molecule has 1 aromatic rings. The molecule has 0 saturated heterocycles. The van der Waals surface area contributed by atoms with Gasteiger partial charge in [-0.1, -0.05) is 13.8 Å². The van der Waals surface area contributed by atoms with Crippen molar-refractivity contribution >= 4 is 11.4 Å². The molecule has 1 rings (SSSR count). The van der Waals surface area contributed by atoms with E-state index in [0.29, 0.717) is 18.7 Å². The molecular formula is C13H17N3O3. The van der Waals surface area contributed by atoms with Gasteiger partial charge in [0.1, 0.15) is 11.6 Å². The van der Waals surface area contributed by atoms with E-state index < -0.39 is 4.92 Å². The highest BCUT2D eigenvalue weighted by atomic mass is 16.6. The number of nitro benzene ring substituents is 1. The zero-order valence-corrected chi connectivity index (χ0v) is 11.0. The van der Waals surface area contributed by atoms with E-state index in [1.807, 2.05) is 13.8 Å². The lowest BCUT2D eigenvalue weighted by atomic mass is 10.0. The van der Waals surface area contributed by atoms with Crippen LogP contribution in [0.5, 0.6) is 0 Å². The average Bonchev–Trinajstić information content (AvgIpc) is 2.37. The lowest BCUT2D eigenvalue weighted by molar-refractivity contribution is -0.385. The highest BCUT2D eigenvalue weighted by Crippen LogP contribution is 2.21. The third kappa shape index (κ3) is 4.23. The highest BCUT2D eigenvalue weighted by Gasteiger charge is 2.14. The molecule has 0 aliphatic rings. The summed E-state index contributed by atoms with van der Waals surface area (Å²) < 4.78 is 0. The predicted octanol–water partition coefficient (Wildman–Crippen LogP) is 2.29. The first-order chi connectivity index (χ1) is 8.95. The number of aliphatic hydroxyl groups excluding tert-OH is 1. The number of nitrogens with zero attached hydrogens (tertiary/aromatic N) is 2. The second kappa shape index (κ2) is 6.71. The van der Waals surface area contributed by atoms with Crippen LogP contribution in [0.15, 0.2) is 18.2 Å². The van der Waals surface area contributed by atoms with Crippen LogP contribution in [0.3, 0.4) is 0 Å². The molecule has 0 aliphatic carbocycles. The van der Waals surface area contributed by atoms with Gasteiger partial charge in [0.2, 0.25) is 0 Å². The zero-order valence-electron chi connectivity index (χ0n) is 11.0. The monoisotopic (exact) mass is 263 g/mol. The summed E-state index contributed by atoms with van der Waals surface area (Å²) in [5, 5.41) is 32.2. The minimum Gasteiger partial charge on any atom is -0.393 e. The van der Waals surface area contributed by atoms with Gasteiger partial charge in [0.15, 0.2) is 0 Å². The lowest BCUT2D eigenvalue weighted by Crippen LogP contribution is -2.18. The van der Waals surface area contributed by atoms with Crippen molar-refractivity contribution in [2.75, 3.05) is 11.9 Å². The topological polar surface area (TPSA) is 99.2 Å². The molecule has 0 aliphatic heterocycles. The SMILES string of the molecule is CC(C)C(O)CCNc1ccc([N+](=O)[O-])c(C#N)c1. The maximum Gasteiger partial charge on any atom is 0.287 e. The maximum absolute atomic E-state index is 10.7. The molecule has 102 valence electrons. The van der Waals surface area contributed by atoms with Crippen LogP contribution >= 0.6 is 0 Å². The Bertz CT molecular complexity index is 494. The van der Waals surface area contributed by atoms with Crippen molar-refractivity contribution in [3.05, 3.63) is 33.9 Å². The largest absolute Gasteiger partial charge is 0.393 e. The van der Waals surface area contributed by atoms with Gasteiger partial charge in [0, 0.05) is 18.3 Å². The van der Waals surface area contributed by atoms with Crippen molar-refractivity contribution in [1.82, 2.24) is 0 Å². The van der Waals surface area contributed by atoms with E-state index in [-0.39, 0.29) is 23.3 Å². The van der Waals surface area contributed by atoms with E-state index >= 15 is 0 Å². The zero-order chi connectivity index (χ0) is 14.4. The molecule has 1 atom stereocenters. The Morgan fingerprint density at radius 2 is 2.21 bits per heavy atom. The number of anilines is 1. The molecule has 0 radical (unpaired) electrons. The van der Waals surface area contributed by atoms with Crippen LogP contribution in [-0.4, -0.2) is 22.7 Å². The van der Waals surface area contributed by atoms with Gasteiger partial charge in [0.05, 0.1) is 11.0 Å². The van der Waals surface area contributed by atoms with Gasteiger partial charge in [-0.25, -0.2) is 0 Å². The molecule has 0 amide bonds. The molecule has 0 saturated carbocycles. The van der Waals surface area contributed by atoms with E-state index in [0.717, 1.165) is 0 Å². The van der Waals surface area contributed by atoms with Crippen LogP contribution in [-0.2, 0) is 0 Å². The fourth-order valence-corrected chi connectivity index (χ4v) is 1.59. The fraction of sp³-hybridized carbons (Fsp3) is 0.462. The Hall–Kier alpha value is -2.13. The van der Waals surface area contributed by atoms with Crippen molar-refractivity contribution in [1.29, 1.82) is 5.26 Å². The van der Waals surface area contributed by atoms with Crippen molar-refractivity contribution in [2.24, 2.45) is 5.92 Å². The number of nitro groups is 1. The van der Waals surface area contributed by atoms with Crippen molar-refractivity contribution in [3.63, 3.8) is 0 Å². The van der Waals surface area contributed by atoms with Gasteiger partial charge in [0.25, 0.3) is 5.69 Å². The molecule has 0 aromatic heterocycles. The van der Waals surface area contributed by atoms with E-state index in [1.165, 1.54) is 12.1 Å². The molecule has 19 heavy (non-hydrogen) atoms. The quantitative estimate of drug-likeness (QED) is 0.606. The van der Waals surface area contributed by atoms with Gasteiger partial charge in [-0.2, -0.15) is 5.26 Å². The van der Waals surface area contributed by atoms with E-state index in [9.17, 15) is 15.2 Å². The Morgan fingerprint density at radius 3 is 2.74 bits per heavy atom. The maximum atomic E-state index is 10.7. The summed E-state index contributed by atoms with van der Waals surface area (Å²) in [5.41, 5.74) is 0.466. The molecule has 0 spiro atoms. The van der Waals surface area contributed by atoms with Crippen molar-refractivity contribution in [2.45, 2.75) is 26.4 Å². The number of aliphatic hydroxyl groups is 1. The Kier molecular flexibility index (Phi) is 5.27. The van der Waals surface area contributed by atoms with Gasteiger partial charge >= 0.3 is 0 Å². The standard InChI is InChI=1S/C13H17N3O3/c1-9(2)13(17)5-6-15-11-3-4-12(16(18)19)10(7-11)8-14/h3-4,7,9,13,15,17H,5-6H2,1-2H3. The van der Waals surface area contributed by atoms with Gasteiger partial charge in [-0.15, -0.1) is 0 Å². The Labute approximate surface area is 111 Å². The number of hydrogen-bond donors (Lipinski definition) is 2. The summed E-state index contributed by atoms with van der Waals surface area (Å²) in [6, 6.07) is 6.11. The molecular weight excluding hydrogens is 246 g/mol. The normalized spacial score (nSPS) is 11.9. The molecule has 6 nitrogen and oxygen atoms in total. The van der Waals surface area contributed by atoms with Crippen LogP contribution in [0.1, 0.15) is 25.8 Å². The first-order valence-corrected chi connectivity index (χ1v) is 6.06. The summed E-state index contributed by atoms with van der Waals surface area (Å²) in [6.45, 7) is 4.41. The van der Waals surface area contributed by atoms with Crippen LogP contribution in [0, 0.1) is 27.4 Å². The van der Waals surface area contributed by atoms with Crippen molar-refractivity contribution < 1.29 is 10.0 Å². The Balaban J connectivity index is 2.66. The number of nitriles is 1. The molecule has 1 aromatic carbocycles.